The maximum absolute atomic E-state index is 14.1. The summed E-state index contributed by atoms with van der Waals surface area (Å²) in [7, 11) is 0.0873. The predicted octanol–water partition coefficient (Wildman–Crippen LogP) is 5.74. The Bertz CT molecular complexity index is 1760. The number of esters is 1. The van der Waals surface area contributed by atoms with Gasteiger partial charge in [-0.05, 0) is 61.1 Å². The number of halogens is 1. The molecule has 0 bridgehead atoms. The Morgan fingerprint density at radius 3 is 2.60 bits per heavy atom. The average molecular weight is 637 g/mol. The van der Waals surface area contributed by atoms with Crippen LogP contribution in [0.5, 0.6) is 0 Å². The minimum absolute atomic E-state index is 0.0942. The van der Waals surface area contributed by atoms with Gasteiger partial charge in [0.2, 0.25) is 6.10 Å². The Hall–Kier alpha value is -4.03. The van der Waals surface area contributed by atoms with E-state index in [2.05, 4.69) is 29.7 Å². The topological polar surface area (TPSA) is 116 Å². The van der Waals surface area contributed by atoms with Gasteiger partial charge < -0.3 is 24.1 Å². The van der Waals surface area contributed by atoms with Gasteiger partial charge in [-0.3, -0.25) is 4.79 Å². The number of methoxy groups -OCH3 is 1. The van der Waals surface area contributed by atoms with E-state index in [1.54, 1.807) is 27.8 Å². The summed E-state index contributed by atoms with van der Waals surface area (Å²) in [5, 5.41) is 6.19. The van der Waals surface area contributed by atoms with Gasteiger partial charge in [0.15, 0.2) is 0 Å². The Labute approximate surface area is 262 Å². The molecule has 4 aromatic rings. The van der Waals surface area contributed by atoms with Crippen LogP contribution in [0.25, 0.3) is 21.8 Å². The van der Waals surface area contributed by atoms with Gasteiger partial charge in [0, 0.05) is 56.7 Å². The molecule has 0 spiro atoms. The van der Waals surface area contributed by atoms with Crippen molar-refractivity contribution in [3.63, 3.8) is 0 Å². The van der Waals surface area contributed by atoms with Gasteiger partial charge in [-0.25, -0.2) is 18.7 Å². The van der Waals surface area contributed by atoms with Crippen LogP contribution >= 0.6 is 0 Å². The van der Waals surface area contributed by atoms with E-state index in [9.17, 15) is 18.8 Å². The molecule has 1 saturated heterocycles. The van der Waals surface area contributed by atoms with Gasteiger partial charge in [-0.15, -0.1) is 0 Å². The van der Waals surface area contributed by atoms with E-state index in [1.165, 1.54) is 13.2 Å². The first-order valence-corrected chi connectivity index (χ1v) is 19.0. The molecule has 1 unspecified atom stereocenters. The van der Waals surface area contributed by atoms with Gasteiger partial charge in [0.1, 0.15) is 12.5 Å². The van der Waals surface area contributed by atoms with Gasteiger partial charge >= 0.3 is 12.1 Å². The second kappa shape index (κ2) is 13.5. The molecule has 0 radical (unpaired) electrons. The number of aromatic nitrogens is 3. The van der Waals surface area contributed by atoms with E-state index in [-0.39, 0.29) is 23.4 Å². The van der Waals surface area contributed by atoms with E-state index in [0.29, 0.717) is 50.2 Å². The number of fused-ring (bicyclic) bond motifs is 2. The number of hydrogen-bond donors (Lipinski definition) is 1. The fourth-order valence-electron chi connectivity index (χ4n) is 5.76. The number of carbonyl (C=O) groups excluding carboxylic acids is 2. The molecule has 240 valence electrons. The monoisotopic (exact) mass is 636 g/mol. The van der Waals surface area contributed by atoms with Crippen LogP contribution in [0.15, 0.2) is 47.4 Å². The SMILES string of the molecule is COC(=O)C(Cc1cc(C)c2nn(COCC[Si](C)(C)C)cc2c1)OC(=O)N1CCC(c2cc3cccc(F)c3[nH]c2=O)CC1. The van der Waals surface area contributed by atoms with Crippen molar-refractivity contribution in [2.75, 3.05) is 26.8 Å². The molecule has 1 fully saturated rings. The van der Waals surface area contributed by atoms with E-state index in [0.717, 1.165) is 28.1 Å². The highest BCUT2D eigenvalue weighted by atomic mass is 28.3. The Balaban J connectivity index is 1.22. The average Bonchev–Trinajstić information content (AvgIpc) is 3.42. The molecule has 10 nitrogen and oxygen atoms in total. The van der Waals surface area contributed by atoms with Crippen molar-refractivity contribution in [2.45, 2.75) is 70.6 Å². The van der Waals surface area contributed by atoms with Crippen LogP contribution in [0, 0.1) is 12.7 Å². The first-order chi connectivity index (χ1) is 21.4. The zero-order valence-corrected chi connectivity index (χ0v) is 27.5. The minimum Gasteiger partial charge on any atom is -0.466 e. The summed E-state index contributed by atoms with van der Waals surface area (Å²) < 4.78 is 32.4. The van der Waals surface area contributed by atoms with E-state index in [4.69, 9.17) is 14.2 Å². The van der Waals surface area contributed by atoms with Gasteiger partial charge in [-0.1, -0.05) is 37.8 Å². The molecule has 5 rings (SSSR count). The number of benzene rings is 2. The summed E-state index contributed by atoms with van der Waals surface area (Å²) in [5.41, 5.74) is 3.02. The maximum atomic E-state index is 14.1. The first-order valence-electron chi connectivity index (χ1n) is 15.3. The van der Waals surface area contributed by atoms with E-state index >= 15 is 0 Å². The quantitative estimate of drug-likeness (QED) is 0.134. The number of piperidine rings is 1. The van der Waals surface area contributed by atoms with Gasteiger partial charge in [0.25, 0.3) is 5.56 Å². The lowest BCUT2D eigenvalue weighted by Crippen LogP contribution is -2.42. The number of nitrogens with zero attached hydrogens (tertiary/aromatic N) is 3. The molecule has 45 heavy (non-hydrogen) atoms. The van der Waals surface area contributed by atoms with Crippen molar-refractivity contribution < 1.29 is 28.2 Å². The van der Waals surface area contributed by atoms with Crippen molar-refractivity contribution in [3.8, 4) is 0 Å². The standard InChI is InChI=1S/C33H41FN4O6Si/c1-21-15-22(16-25-19-38(36-29(21)25)20-43-13-14-45(3,4)5)17-28(32(40)42-2)44-33(41)37-11-9-23(10-12-37)26-18-24-7-6-8-27(34)30(24)35-31(26)39/h6-8,15-16,18-19,23,28H,9-14,17,20H2,1-5H3,(H,35,39). The summed E-state index contributed by atoms with van der Waals surface area (Å²) in [4.78, 5) is 42.8. The summed E-state index contributed by atoms with van der Waals surface area (Å²) in [6.07, 6.45) is 1.38. The molecule has 1 atom stereocenters. The van der Waals surface area contributed by atoms with E-state index in [1.807, 2.05) is 25.3 Å². The minimum atomic E-state index is -1.18. The lowest BCUT2D eigenvalue weighted by molar-refractivity contribution is -0.151. The predicted molar refractivity (Wildman–Crippen MR) is 173 cm³/mol. The fraction of sp³-hybridized carbons (Fsp3) is 0.455. The first kappa shape index (κ1) is 32.4. The molecular weight excluding hydrogens is 595 g/mol. The highest BCUT2D eigenvalue weighted by Crippen LogP contribution is 2.29. The van der Waals surface area contributed by atoms with Crippen molar-refractivity contribution in [1.82, 2.24) is 19.7 Å². The van der Waals surface area contributed by atoms with Crippen molar-refractivity contribution in [3.05, 3.63) is 75.5 Å². The molecule has 1 aliphatic rings. The Morgan fingerprint density at radius 2 is 1.89 bits per heavy atom. The molecule has 1 aliphatic heterocycles. The highest BCUT2D eigenvalue weighted by Gasteiger charge is 2.31. The number of rotatable bonds is 10. The number of pyridine rings is 1. The molecule has 0 saturated carbocycles. The van der Waals surface area contributed by atoms with Gasteiger partial charge in [0.05, 0.1) is 18.1 Å². The molecule has 3 heterocycles. The number of carbonyl (C=O) groups is 2. The Kier molecular flexibility index (Phi) is 9.73. The second-order valence-corrected chi connectivity index (χ2v) is 18.6. The third kappa shape index (κ3) is 7.80. The van der Waals surface area contributed by atoms with Gasteiger partial charge in [-0.2, -0.15) is 5.10 Å². The van der Waals surface area contributed by atoms with Crippen LogP contribution in [0.4, 0.5) is 9.18 Å². The molecule has 2 aromatic carbocycles. The number of aryl methyl sites for hydroxylation is 1. The number of nitrogens with one attached hydrogen (secondary N) is 1. The summed E-state index contributed by atoms with van der Waals surface area (Å²) >= 11 is 0. The van der Waals surface area contributed by atoms with Crippen LogP contribution in [0.2, 0.25) is 25.7 Å². The lowest BCUT2D eigenvalue weighted by atomic mass is 9.89. The molecule has 0 aliphatic carbocycles. The zero-order chi connectivity index (χ0) is 32.3. The summed E-state index contributed by atoms with van der Waals surface area (Å²) in [6, 6.07) is 11.4. The molecular formula is C33H41FN4O6Si. The van der Waals surface area contributed by atoms with Crippen LogP contribution in [0.1, 0.15) is 35.4 Å². The van der Waals surface area contributed by atoms with Crippen LogP contribution in [-0.4, -0.2) is 72.7 Å². The van der Waals surface area contributed by atoms with E-state index < -0.39 is 32.1 Å². The zero-order valence-electron chi connectivity index (χ0n) is 26.5. The highest BCUT2D eigenvalue weighted by molar-refractivity contribution is 6.76. The number of amides is 1. The molecule has 2 aromatic heterocycles. The van der Waals surface area contributed by atoms with Crippen molar-refractivity contribution in [1.29, 1.82) is 0 Å². The third-order valence-electron chi connectivity index (χ3n) is 8.31. The normalized spacial score (nSPS) is 15.0. The number of aromatic amines is 1. The van der Waals surface area contributed by atoms with Crippen LogP contribution in [0.3, 0.4) is 0 Å². The second-order valence-electron chi connectivity index (χ2n) is 13.0. The smallest absolute Gasteiger partial charge is 0.410 e. The number of hydrogen-bond acceptors (Lipinski definition) is 7. The number of likely N-dealkylation sites (tertiary alicyclic amines) is 1. The number of H-pyrrole nitrogens is 1. The molecule has 12 heteroatoms. The maximum Gasteiger partial charge on any atom is 0.410 e. The van der Waals surface area contributed by atoms with Crippen molar-refractivity contribution >= 4 is 41.9 Å². The van der Waals surface area contributed by atoms with Crippen molar-refractivity contribution in [2.24, 2.45) is 0 Å². The third-order valence-corrected chi connectivity index (χ3v) is 10.0. The Morgan fingerprint density at radius 1 is 1.13 bits per heavy atom. The molecule has 1 N–H and O–H groups in total. The summed E-state index contributed by atoms with van der Waals surface area (Å²) in [6.45, 7) is 10.6. The number of ether oxygens (including phenoxy) is 3. The number of para-hydroxylation sites is 1. The van der Waals surface area contributed by atoms with Crippen LogP contribution in [-0.2, 0) is 32.2 Å². The summed E-state index contributed by atoms with van der Waals surface area (Å²) in [5.74, 6) is -1.21. The fourth-order valence-corrected chi connectivity index (χ4v) is 6.52. The molecule has 1 amide bonds. The largest absolute Gasteiger partial charge is 0.466 e. The van der Waals surface area contributed by atoms with Crippen LogP contribution < -0.4 is 5.56 Å². The lowest BCUT2D eigenvalue weighted by Gasteiger charge is -2.32.